The maximum Gasteiger partial charge on any atom is 0.390 e. The normalized spacial score (nSPS) is 17.2. The Morgan fingerprint density at radius 2 is 1.88 bits per heavy atom. The van der Waals surface area contributed by atoms with Gasteiger partial charge in [0.25, 0.3) is 0 Å². The second-order valence-electron chi connectivity index (χ2n) is 4.88. The van der Waals surface area contributed by atoms with Gasteiger partial charge in [0, 0.05) is 26.2 Å². The minimum absolute atomic E-state index is 0. The fraction of sp³-hybridized carbons (Fsp3) is 0.917. The molecule has 0 unspecified atom stereocenters. The maximum absolute atomic E-state index is 12.1. The van der Waals surface area contributed by atoms with Crippen LogP contribution < -0.4 is 10.6 Å². The number of morpholine rings is 1. The molecule has 7 nitrogen and oxygen atoms in total. The quantitative estimate of drug-likeness (QED) is 0.315. The summed E-state index contributed by atoms with van der Waals surface area (Å²) >= 11 is 0. The number of sulfonamides is 1. The highest BCUT2D eigenvalue weighted by Gasteiger charge is 2.26. The molecule has 1 aliphatic rings. The average molecular weight is 488 g/mol. The Labute approximate surface area is 157 Å². The van der Waals surface area contributed by atoms with Gasteiger partial charge >= 0.3 is 6.18 Å². The molecule has 0 aliphatic carbocycles. The lowest BCUT2D eigenvalue weighted by molar-refractivity contribution is -0.132. The number of ether oxygens (including phenoxy) is 1. The molecular formula is C12H24F3IN4O3S. The Bertz CT molecular complexity index is 482. The van der Waals surface area contributed by atoms with E-state index in [1.54, 1.807) is 6.92 Å². The number of nitrogens with one attached hydrogen (secondary N) is 2. The molecule has 0 radical (unpaired) electrons. The number of aliphatic imine (C=N–C) groups is 1. The van der Waals surface area contributed by atoms with Gasteiger partial charge in [-0.3, -0.25) is 4.99 Å². The van der Waals surface area contributed by atoms with Gasteiger partial charge < -0.3 is 15.4 Å². The first-order valence-corrected chi connectivity index (χ1v) is 9.00. The molecule has 12 heteroatoms. The van der Waals surface area contributed by atoms with Crippen LogP contribution in [0.3, 0.4) is 0 Å². The zero-order valence-corrected chi connectivity index (χ0v) is 16.6. The summed E-state index contributed by atoms with van der Waals surface area (Å²) in [5.41, 5.74) is 0. The van der Waals surface area contributed by atoms with Gasteiger partial charge in [0.2, 0.25) is 10.0 Å². The van der Waals surface area contributed by atoms with E-state index in [1.807, 2.05) is 0 Å². The SMILES string of the molecule is CCNC(=NCCC(F)(F)F)NCCS(=O)(=O)N1CCOCC1.I. The molecule has 2 N–H and O–H groups in total. The van der Waals surface area contributed by atoms with E-state index in [9.17, 15) is 21.6 Å². The van der Waals surface area contributed by atoms with Crippen molar-refractivity contribution >= 4 is 40.0 Å². The predicted octanol–water partition coefficient (Wildman–Crippen LogP) is 0.774. The van der Waals surface area contributed by atoms with E-state index in [0.717, 1.165) is 0 Å². The zero-order valence-electron chi connectivity index (χ0n) is 13.4. The molecule has 0 amide bonds. The molecule has 0 aromatic heterocycles. The lowest BCUT2D eigenvalue weighted by atomic mass is 10.4. The second kappa shape index (κ2) is 11.3. The number of rotatable bonds is 7. The van der Waals surface area contributed by atoms with E-state index in [4.69, 9.17) is 4.74 Å². The molecule has 0 saturated carbocycles. The van der Waals surface area contributed by atoms with E-state index in [1.165, 1.54) is 4.31 Å². The van der Waals surface area contributed by atoms with E-state index in [2.05, 4.69) is 15.6 Å². The summed E-state index contributed by atoms with van der Waals surface area (Å²) in [4.78, 5) is 3.78. The first kappa shape index (κ1) is 23.7. The Morgan fingerprint density at radius 3 is 2.42 bits per heavy atom. The van der Waals surface area contributed by atoms with Crippen LogP contribution in [0.25, 0.3) is 0 Å². The molecule has 1 fully saturated rings. The fourth-order valence-electron chi connectivity index (χ4n) is 1.89. The van der Waals surface area contributed by atoms with Gasteiger partial charge in [-0.2, -0.15) is 17.5 Å². The summed E-state index contributed by atoms with van der Waals surface area (Å²) in [7, 11) is -3.41. The Kier molecular flexibility index (Phi) is 11.1. The Hall–Kier alpha value is -0.340. The van der Waals surface area contributed by atoms with Crippen LogP contribution in [0.1, 0.15) is 13.3 Å². The van der Waals surface area contributed by atoms with Crippen molar-refractivity contribution in [3.05, 3.63) is 0 Å². The summed E-state index contributed by atoms with van der Waals surface area (Å²) in [5, 5.41) is 5.51. The summed E-state index contributed by atoms with van der Waals surface area (Å²) in [6.07, 6.45) is -5.28. The Balaban J connectivity index is 0.00000529. The summed E-state index contributed by atoms with van der Waals surface area (Å²) in [5.74, 6) is 0.0189. The highest BCUT2D eigenvalue weighted by molar-refractivity contribution is 14.0. The molecule has 0 bridgehead atoms. The van der Waals surface area contributed by atoms with Crippen LogP contribution >= 0.6 is 24.0 Å². The molecule has 0 aromatic rings. The van der Waals surface area contributed by atoms with E-state index in [0.29, 0.717) is 32.8 Å². The largest absolute Gasteiger partial charge is 0.390 e. The third-order valence-electron chi connectivity index (χ3n) is 3.03. The van der Waals surface area contributed by atoms with Gasteiger partial charge in [0.1, 0.15) is 0 Å². The van der Waals surface area contributed by atoms with Crippen molar-refractivity contribution in [1.82, 2.24) is 14.9 Å². The van der Waals surface area contributed by atoms with Crippen LogP contribution in [-0.2, 0) is 14.8 Å². The highest BCUT2D eigenvalue weighted by Crippen LogP contribution is 2.18. The molecule has 24 heavy (non-hydrogen) atoms. The van der Waals surface area contributed by atoms with E-state index in [-0.39, 0.29) is 42.2 Å². The van der Waals surface area contributed by atoms with Crippen LogP contribution in [0.5, 0.6) is 0 Å². The lowest BCUT2D eigenvalue weighted by Gasteiger charge is -2.26. The number of guanidine groups is 1. The van der Waals surface area contributed by atoms with Gasteiger partial charge in [-0.25, -0.2) is 8.42 Å². The molecule has 0 atom stereocenters. The predicted molar refractivity (Wildman–Crippen MR) is 96.2 cm³/mol. The van der Waals surface area contributed by atoms with Gasteiger partial charge in [-0.15, -0.1) is 24.0 Å². The Morgan fingerprint density at radius 1 is 1.25 bits per heavy atom. The van der Waals surface area contributed by atoms with Crippen molar-refractivity contribution < 1.29 is 26.3 Å². The molecule has 1 saturated heterocycles. The molecule has 144 valence electrons. The van der Waals surface area contributed by atoms with Crippen molar-refractivity contribution in [3.63, 3.8) is 0 Å². The summed E-state index contributed by atoms with van der Waals surface area (Å²) < 4.78 is 66.9. The zero-order chi connectivity index (χ0) is 17.3. The van der Waals surface area contributed by atoms with E-state index >= 15 is 0 Å². The van der Waals surface area contributed by atoms with Crippen molar-refractivity contribution in [2.75, 3.05) is 51.7 Å². The molecule has 1 rings (SSSR count). The first-order valence-electron chi connectivity index (χ1n) is 7.39. The van der Waals surface area contributed by atoms with Crippen LogP contribution in [-0.4, -0.2) is 76.5 Å². The van der Waals surface area contributed by atoms with Gasteiger partial charge in [0.05, 0.1) is 31.9 Å². The summed E-state index contributed by atoms with van der Waals surface area (Å²) in [6, 6.07) is 0. The van der Waals surface area contributed by atoms with Crippen molar-refractivity contribution in [1.29, 1.82) is 0 Å². The van der Waals surface area contributed by atoms with E-state index < -0.39 is 29.2 Å². The average Bonchev–Trinajstić information content (AvgIpc) is 2.47. The highest BCUT2D eigenvalue weighted by atomic mass is 127. The lowest BCUT2D eigenvalue weighted by Crippen LogP contribution is -2.45. The standard InChI is InChI=1S/C12H23F3N4O3S.HI/c1-2-16-11(17-4-3-12(13,14)15)18-5-10-23(20,21)19-6-8-22-9-7-19;/h2-10H2,1H3,(H2,16,17,18);1H. The number of alkyl halides is 3. The minimum Gasteiger partial charge on any atom is -0.379 e. The number of hydrogen-bond acceptors (Lipinski definition) is 4. The summed E-state index contributed by atoms with van der Waals surface area (Å²) in [6.45, 7) is 3.28. The van der Waals surface area contributed by atoms with Crippen LogP contribution in [0.4, 0.5) is 13.2 Å². The maximum atomic E-state index is 12.1. The topological polar surface area (TPSA) is 83.0 Å². The molecule has 1 aliphatic heterocycles. The van der Waals surface area contributed by atoms with Gasteiger partial charge in [-0.1, -0.05) is 0 Å². The molecule has 0 aromatic carbocycles. The van der Waals surface area contributed by atoms with Crippen LogP contribution in [0.2, 0.25) is 0 Å². The molecule has 0 spiro atoms. The minimum atomic E-state index is -4.26. The third kappa shape index (κ3) is 9.84. The molecule has 1 heterocycles. The van der Waals surface area contributed by atoms with Crippen molar-refractivity contribution in [2.24, 2.45) is 4.99 Å². The van der Waals surface area contributed by atoms with Gasteiger partial charge in [0.15, 0.2) is 5.96 Å². The van der Waals surface area contributed by atoms with Crippen LogP contribution in [0.15, 0.2) is 4.99 Å². The van der Waals surface area contributed by atoms with Gasteiger partial charge in [-0.05, 0) is 6.92 Å². The van der Waals surface area contributed by atoms with Crippen LogP contribution in [0, 0.1) is 0 Å². The molecular weight excluding hydrogens is 464 g/mol. The first-order chi connectivity index (χ1) is 10.7. The third-order valence-corrected chi connectivity index (χ3v) is 4.90. The van der Waals surface area contributed by atoms with Crippen molar-refractivity contribution in [2.45, 2.75) is 19.5 Å². The number of hydrogen-bond donors (Lipinski definition) is 2. The second-order valence-corrected chi connectivity index (χ2v) is 6.97. The number of nitrogens with zero attached hydrogens (tertiary/aromatic N) is 2. The monoisotopic (exact) mass is 488 g/mol. The fourth-order valence-corrected chi connectivity index (χ4v) is 3.21. The smallest absolute Gasteiger partial charge is 0.379 e. The number of halogens is 4. The van der Waals surface area contributed by atoms with Crippen molar-refractivity contribution in [3.8, 4) is 0 Å².